The van der Waals surface area contributed by atoms with Crippen molar-refractivity contribution in [3.63, 3.8) is 0 Å². The van der Waals surface area contributed by atoms with Crippen LogP contribution < -0.4 is 15.4 Å². The number of piperidine rings is 1. The second-order valence-corrected chi connectivity index (χ2v) is 9.78. The molecule has 2 aromatic carbocycles. The van der Waals surface area contributed by atoms with Gasteiger partial charge in [0.15, 0.2) is 0 Å². The fourth-order valence-electron chi connectivity index (χ4n) is 3.65. The van der Waals surface area contributed by atoms with Crippen molar-refractivity contribution < 1.29 is 22.7 Å². The number of benzene rings is 2. The normalized spacial score (nSPS) is 16.9. The topological polar surface area (TPSA) is 105 Å². The summed E-state index contributed by atoms with van der Waals surface area (Å²) in [7, 11) is -2.15. The summed E-state index contributed by atoms with van der Waals surface area (Å²) in [5.74, 6) is -1.01. The van der Waals surface area contributed by atoms with Crippen LogP contribution in [0.2, 0.25) is 5.02 Å². The van der Waals surface area contributed by atoms with Crippen LogP contribution in [-0.2, 0) is 19.6 Å². The zero-order valence-electron chi connectivity index (χ0n) is 17.7. The molecule has 32 heavy (non-hydrogen) atoms. The summed E-state index contributed by atoms with van der Waals surface area (Å²) in [4.78, 5) is 24.4. The van der Waals surface area contributed by atoms with E-state index in [1.807, 2.05) is 0 Å². The molecule has 0 spiro atoms. The minimum atomic E-state index is -3.67. The first-order valence-electron chi connectivity index (χ1n) is 10.3. The summed E-state index contributed by atoms with van der Waals surface area (Å²) in [5, 5.41) is 5.50. The van der Waals surface area contributed by atoms with Gasteiger partial charge in [-0.15, -0.1) is 0 Å². The largest absolute Gasteiger partial charge is 0.497 e. The molecule has 0 aromatic heterocycles. The first kappa shape index (κ1) is 24.0. The van der Waals surface area contributed by atoms with E-state index in [1.165, 1.54) is 29.6 Å². The maximum absolute atomic E-state index is 13.2. The minimum absolute atomic E-state index is 0.182. The predicted octanol–water partition coefficient (Wildman–Crippen LogP) is 3.04. The zero-order valence-corrected chi connectivity index (χ0v) is 19.3. The van der Waals surface area contributed by atoms with Crippen molar-refractivity contribution >= 4 is 39.1 Å². The molecule has 0 bridgehead atoms. The van der Waals surface area contributed by atoms with E-state index >= 15 is 0 Å². The smallest absolute Gasteiger partial charge is 0.313 e. The average Bonchev–Trinajstić information content (AvgIpc) is 2.79. The number of ether oxygens (including phenoxy) is 1. The van der Waals surface area contributed by atoms with Gasteiger partial charge in [-0.25, -0.2) is 8.42 Å². The fraction of sp³-hybridized carbons (Fsp3) is 0.364. The van der Waals surface area contributed by atoms with E-state index < -0.39 is 21.8 Å². The third kappa shape index (κ3) is 5.99. The molecule has 172 valence electrons. The predicted molar refractivity (Wildman–Crippen MR) is 122 cm³/mol. The summed E-state index contributed by atoms with van der Waals surface area (Å²) in [6, 6.07) is 12.5. The molecule has 0 saturated carbocycles. The number of hydrogen-bond acceptors (Lipinski definition) is 5. The first-order chi connectivity index (χ1) is 15.3. The standard InChI is InChI=1S/C22H26ClN3O5S/c1-31-19-8-10-20(11-9-19)32(29,30)26-14-3-2-7-18(26)12-13-24-21(27)22(28)25-17-6-4-5-16(23)15-17/h4-6,8-11,15,18H,2-3,7,12-14H2,1H3,(H,24,27)(H,25,28)/t18-/m0/s1. The number of methoxy groups -OCH3 is 1. The van der Waals surface area contributed by atoms with Gasteiger partial charge in [-0.05, 0) is 61.7 Å². The van der Waals surface area contributed by atoms with Gasteiger partial charge in [0.2, 0.25) is 10.0 Å². The molecule has 0 unspecified atom stereocenters. The highest BCUT2D eigenvalue weighted by Crippen LogP contribution is 2.28. The van der Waals surface area contributed by atoms with E-state index in [9.17, 15) is 18.0 Å². The van der Waals surface area contributed by atoms with Gasteiger partial charge in [-0.2, -0.15) is 4.31 Å². The molecular weight excluding hydrogens is 454 g/mol. The molecule has 3 rings (SSSR count). The third-order valence-electron chi connectivity index (χ3n) is 5.29. The van der Waals surface area contributed by atoms with Crippen LogP contribution in [0.25, 0.3) is 0 Å². The highest BCUT2D eigenvalue weighted by atomic mass is 35.5. The summed E-state index contributed by atoms with van der Waals surface area (Å²) in [5.41, 5.74) is 0.418. The first-order valence-corrected chi connectivity index (χ1v) is 12.1. The van der Waals surface area contributed by atoms with E-state index in [2.05, 4.69) is 10.6 Å². The summed E-state index contributed by atoms with van der Waals surface area (Å²) in [6.07, 6.45) is 2.79. The van der Waals surface area contributed by atoms with Gasteiger partial charge in [0, 0.05) is 29.8 Å². The van der Waals surface area contributed by atoms with E-state index in [1.54, 1.807) is 30.3 Å². The molecule has 1 aliphatic heterocycles. The van der Waals surface area contributed by atoms with Crippen LogP contribution in [-0.4, -0.2) is 50.8 Å². The van der Waals surface area contributed by atoms with Crippen molar-refractivity contribution in [2.75, 3.05) is 25.5 Å². The number of carbonyl (C=O) groups is 2. The van der Waals surface area contributed by atoms with Crippen molar-refractivity contribution in [1.82, 2.24) is 9.62 Å². The fourth-order valence-corrected chi connectivity index (χ4v) is 5.56. The Bertz CT molecular complexity index is 1060. The second-order valence-electron chi connectivity index (χ2n) is 7.45. The van der Waals surface area contributed by atoms with Crippen LogP contribution in [0.15, 0.2) is 53.4 Å². The Morgan fingerprint density at radius 3 is 2.56 bits per heavy atom. The van der Waals surface area contributed by atoms with E-state index in [0.29, 0.717) is 35.8 Å². The number of nitrogens with zero attached hydrogens (tertiary/aromatic N) is 1. The molecule has 2 amide bonds. The molecule has 1 aliphatic rings. The molecule has 8 nitrogen and oxygen atoms in total. The Hall–Kier alpha value is -2.62. The van der Waals surface area contributed by atoms with Gasteiger partial charge in [-0.1, -0.05) is 24.1 Å². The second kappa shape index (κ2) is 10.8. The molecule has 2 aromatic rings. The molecular formula is C22H26ClN3O5S. The van der Waals surface area contributed by atoms with Crippen molar-refractivity contribution in [3.05, 3.63) is 53.6 Å². The van der Waals surface area contributed by atoms with Crippen LogP contribution in [0.3, 0.4) is 0 Å². The highest BCUT2D eigenvalue weighted by Gasteiger charge is 2.33. The number of rotatable bonds is 7. The van der Waals surface area contributed by atoms with Crippen LogP contribution in [0.1, 0.15) is 25.7 Å². The number of hydrogen-bond donors (Lipinski definition) is 2. The van der Waals surface area contributed by atoms with Gasteiger partial charge < -0.3 is 15.4 Å². The van der Waals surface area contributed by atoms with Crippen LogP contribution in [0, 0.1) is 0 Å². The molecule has 0 aliphatic carbocycles. The monoisotopic (exact) mass is 479 g/mol. The van der Waals surface area contributed by atoms with Crippen LogP contribution in [0.4, 0.5) is 5.69 Å². The van der Waals surface area contributed by atoms with Gasteiger partial charge >= 0.3 is 11.8 Å². The molecule has 1 heterocycles. The van der Waals surface area contributed by atoms with E-state index in [0.717, 1.165) is 12.8 Å². The summed E-state index contributed by atoms with van der Waals surface area (Å²) >= 11 is 5.88. The van der Waals surface area contributed by atoms with Gasteiger partial charge in [0.05, 0.1) is 12.0 Å². The van der Waals surface area contributed by atoms with Crippen molar-refractivity contribution in [3.8, 4) is 5.75 Å². The van der Waals surface area contributed by atoms with Crippen molar-refractivity contribution in [1.29, 1.82) is 0 Å². The average molecular weight is 480 g/mol. The van der Waals surface area contributed by atoms with Crippen LogP contribution in [0.5, 0.6) is 5.75 Å². The van der Waals surface area contributed by atoms with Crippen molar-refractivity contribution in [2.24, 2.45) is 0 Å². The van der Waals surface area contributed by atoms with Gasteiger partial charge in [0.25, 0.3) is 0 Å². The van der Waals surface area contributed by atoms with Crippen molar-refractivity contribution in [2.45, 2.75) is 36.6 Å². The molecule has 1 fully saturated rings. The van der Waals surface area contributed by atoms with Gasteiger partial charge in [-0.3, -0.25) is 9.59 Å². The maximum atomic E-state index is 13.2. The maximum Gasteiger partial charge on any atom is 0.313 e. The van der Waals surface area contributed by atoms with Crippen LogP contribution >= 0.6 is 11.6 Å². The van der Waals surface area contributed by atoms with E-state index in [4.69, 9.17) is 16.3 Å². The lowest BCUT2D eigenvalue weighted by Crippen LogP contribution is -2.45. The number of nitrogens with one attached hydrogen (secondary N) is 2. The zero-order chi connectivity index (χ0) is 23.1. The Kier molecular flexibility index (Phi) is 8.11. The van der Waals surface area contributed by atoms with E-state index in [-0.39, 0.29) is 17.5 Å². The molecule has 1 atom stereocenters. The quantitative estimate of drug-likeness (QED) is 0.594. The number of anilines is 1. The SMILES string of the molecule is COc1ccc(S(=O)(=O)N2CCCC[C@H]2CCNC(=O)C(=O)Nc2cccc(Cl)c2)cc1. The number of halogens is 1. The Morgan fingerprint density at radius 2 is 1.88 bits per heavy atom. The lowest BCUT2D eigenvalue weighted by molar-refractivity contribution is -0.136. The summed E-state index contributed by atoms with van der Waals surface area (Å²) in [6.45, 7) is 0.601. The Labute approximate surface area is 192 Å². The molecule has 1 saturated heterocycles. The number of amides is 2. The number of sulfonamides is 1. The number of carbonyl (C=O) groups excluding carboxylic acids is 2. The van der Waals surface area contributed by atoms with Gasteiger partial charge in [0.1, 0.15) is 5.75 Å². The lowest BCUT2D eigenvalue weighted by Gasteiger charge is -2.34. The highest BCUT2D eigenvalue weighted by molar-refractivity contribution is 7.89. The molecule has 2 N–H and O–H groups in total. The molecule has 10 heteroatoms. The lowest BCUT2D eigenvalue weighted by atomic mass is 10.0. The minimum Gasteiger partial charge on any atom is -0.497 e. The Balaban J connectivity index is 1.57. The molecule has 0 radical (unpaired) electrons. The Morgan fingerprint density at radius 1 is 1.12 bits per heavy atom. The summed E-state index contributed by atoms with van der Waals surface area (Å²) < 4.78 is 32.9. The third-order valence-corrected chi connectivity index (χ3v) is 7.49.